The van der Waals surface area contributed by atoms with E-state index >= 15 is 0 Å². The van der Waals surface area contributed by atoms with Gasteiger partial charge in [0.2, 0.25) is 5.91 Å². The number of ether oxygens (including phenoxy) is 2. The molecular weight excluding hydrogens is 374 g/mol. The molecule has 9 heteroatoms. The number of amides is 1. The summed E-state index contributed by atoms with van der Waals surface area (Å²) < 4.78 is 13.3. The van der Waals surface area contributed by atoms with Crippen LogP contribution >= 0.6 is 0 Å². The number of aromatic nitrogens is 4. The van der Waals surface area contributed by atoms with Crippen LogP contribution in [0.5, 0.6) is 11.5 Å². The highest BCUT2D eigenvalue weighted by Crippen LogP contribution is 2.28. The first-order valence-corrected chi connectivity index (χ1v) is 9.13. The number of hydrogen-bond donors (Lipinski definition) is 1. The summed E-state index contributed by atoms with van der Waals surface area (Å²) in [4.78, 5) is 25.2. The molecule has 1 unspecified atom stereocenters. The van der Waals surface area contributed by atoms with Gasteiger partial charge in [0.25, 0.3) is 5.56 Å². The fourth-order valence-electron chi connectivity index (χ4n) is 2.78. The number of carbonyl (C=O) groups excluding carboxylic acids is 1. The van der Waals surface area contributed by atoms with E-state index in [-0.39, 0.29) is 0 Å². The van der Waals surface area contributed by atoms with Gasteiger partial charge in [0.05, 0.1) is 14.2 Å². The Balaban J connectivity index is 1.93. The molecule has 29 heavy (non-hydrogen) atoms. The molecule has 2 aromatic heterocycles. The highest BCUT2D eigenvalue weighted by Gasteiger charge is 2.21. The van der Waals surface area contributed by atoms with Crippen molar-refractivity contribution in [2.75, 3.05) is 19.5 Å². The topological polar surface area (TPSA) is 100 Å². The predicted octanol–water partition coefficient (Wildman–Crippen LogP) is 2.34. The van der Waals surface area contributed by atoms with Crippen LogP contribution in [-0.2, 0) is 11.3 Å². The second-order valence-corrected chi connectivity index (χ2v) is 6.29. The molecule has 0 saturated heterocycles. The van der Waals surface area contributed by atoms with E-state index in [4.69, 9.17) is 9.47 Å². The van der Waals surface area contributed by atoms with E-state index in [1.165, 1.54) is 13.2 Å². The highest BCUT2D eigenvalue weighted by atomic mass is 16.5. The maximum Gasteiger partial charge on any atom is 0.271 e. The van der Waals surface area contributed by atoms with Crippen LogP contribution in [-0.4, -0.2) is 39.7 Å². The fraction of sp³-hybridized carbons (Fsp3) is 0.300. The predicted molar refractivity (Wildman–Crippen MR) is 108 cm³/mol. The highest BCUT2D eigenvalue weighted by molar-refractivity contribution is 5.92. The molecule has 0 saturated carbocycles. The number of nitrogens with zero attached hydrogens (tertiary/aromatic N) is 4. The van der Waals surface area contributed by atoms with Gasteiger partial charge in [0.15, 0.2) is 11.6 Å². The van der Waals surface area contributed by atoms with Gasteiger partial charge < -0.3 is 14.8 Å². The number of anilines is 1. The Morgan fingerprint density at radius 1 is 1.14 bits per heavy atom. The van der Waals surface area contributed by atoms with E-state index in [9.17, 15) is 9.59 Å². The monoisotopic (exact) mass is 397 g/mol. The maximum atomic E-state index is 12.6. The number of rotatable bonds is 7. The largest absolute Gasteiger partial charge is 0.497 e. The molecule has 0 aliphatic carbocycles. The molecule has 2 heterocycles. The van der Waals surface area contributed by atoms with Gasteiger partial charge in [-0.05, 0) is 38.1 Å². The number of hydrogen-bond acceptors (Lipinski definition) is 6. The number of carbonyl (C=O) groups is 1. The lowest BCUT2D eigenvalue weighted by atomic mass is 10.1. The van der Waals surface area contributed by atoms with E-state index in [0.29, 0.717) is 29.6 Å². The second kappa shape index (κ2) is 8.59. The summed E-state index contributed by atoms with van der Waals surface area (Å²) in [7, 11) is 3.05. The molecule has 3 rings (SSSR count). The molecule has 0 radical (unpaired) electrons. The molecule has 0 fully saturated rings. The molecule has 0 spiro atoms. The van der Waals surface area contributed by atoms with Crippen molar-refractivity contribution in [3.63, 3.8) is 0 Å². The number of methoxy groups -OCH3 is 2. The molecule has 0 bridgehead atoms. The van der Waals surface area contributed by atoms with Crippen molar-refractivity contribution in [1.82, 2.24) is 19.6 Å². The van der Waals surface area contributed by atoms with E-state index in [1.54, 1.807) is 55.2 Å². The van der Waals surface area contributed by atoms with Crippen molar-refractivity contribution in [1.29, 1.82) is 0 Å². The zero-order valence-corrected chi connectivity index (χ0v) is 16.7. The molecule has 0 aliphatic heterocycles. The van der Waals surface area contributed by atoms with E-state index in [2.05, 4.69) is 15.5 Å². The Hall–Kier alpha value is -3.62. The first-order valence-electron chi connectivity index (χ1n) is 9.13. The van der Waals surface area contributed by atoms with E-state index in [1.807, 2.05) is 6.92 Å². The molecular formula is C20H23N5O4. The molecule has 1 amide bonds. The van der Waals surface area contributed by atoms with Crippen LogP contribution in [0.25, 0.3) is 11.3 Å². The Morgan fingerprint density at radius 3 is 2.45 bits per heavy atom. The quantitative estimate of drug-likeness (QED) is 0.657. The van der Waals surface area contributed by atoms with Crippen LogP contribution < -0.4 is 20.3 Å². The minimum absolute atomic E-state index is 0.325. The van der Waals surface area contributed by atoms with Gasteiger partial charge in [-0.1, -0.05) is 0 Å². The Kier molecular flexibility index (Phi) is 5.96. The van der Waals surface area contributed by atoms with Crippen LogP contribution in [0.4, 0.5) is 5.82 Å². The van der Waals surface area contributed by atoms with Crippen molar-refractivity contribution in [3.8, 4) is 22.8 Å². The van der Waals surface area contributed by atoms with Crippen LogP contribution in [0.15, 0.2) is 47.4 Å². The van der Waals surface area contributed by atoms with Crippen LogP contribution in [0, 0.1) is 0 Å². The fourth-order valence-corrected chi connectivity index (χ4v) is 2.78. The lowest BCUT2D eigenvalue weighted by Gasteiger charge is -2.16. The Bertz CT molecular complexity index is 1060. The average Bonchev–Trinajstić information content (AvgIpc) is 3.20. The van der Waals surface area contributed by atoms with Crippen LogP contribution in [0.3, 0.4) is 0 Å². The smallest absolute Gasteiger partial charge is 0.271 e. The zero-order valence-electron chi connectivity index (χ0n) is 16.7. The Morgan fingerprint density at radius 2 is 1.86 bits per heavy atom. The lowest BCUT2D eigenvalue weighted by Crippen LogP contribution is -2.33. The average molecular weight is 397 g/mol. The summed E-state index contributed by atoms with van der Waals surface area (Å²) in [6.07, 6.45) is 1.76. The number of benzene rings is 1. The normalized spacial score (nSPS) is 11.7. The Labute approximate surface area is 167 Å². The first-order chi connectivity index (χ1) is 14.0. The SMILES string of the molecule is CCn1ccc(NC(=O)C(C)n2nc(-c3ccc(OC)cc3)c(OC)cc2=O)n1. The summed E-state index contributed by atoms with van der Waals surface area (Å²) in [5.41, 5.74) is 0.733. The third kappa shape index (κ3) is 4.29. The molecule has 9 nitrogen and oxygen atoms in total. The standard InChI is InChI=1S/C20H23N5O4/c1-5-24-11-10-17(22-24)21-20(27)13(2)25-18(26)12-16(29-4)19(23-25)14-6-8-15(28-3)9-7-14/h6-13H,5H2,1-4H3,(H,21,22,27). The molecule has 0 aliphatic rings. The van der Waals surface area contributed by atoms with Gasteiger partial charge in [0, 0.05) is 30.4 Å². The van der Waals surface area contributed by atoms with Crippen molar-refractivity contribution in [2.45, 2.75) is 26.4 Å². The minimum Gasteiger partial charge on any atom is -0.497 e. The van der Waals surface area contributed by atoms with Crippen LogP contribution in [0.1, 0.15) is 19.9 Å². The lowest BCUT2D eigenvalue weighted by molar-refractivity contribution is -0.119. The third-order valence-electron chi connectivity index (χ3n) is 4.47. The van der Waals surface area contributed by atoms with Crippen molar-refractivity contribution in [2.24, 2.45) is 0 Å². The molecule has 3 aromatic rings. The number of nitrogens with one attached hydrogen (secondary N) is 1. The molecule has 1 atom stereocenters. The van der Waals surface area contributed by atoms with E-state index < -0.39 is 17.5 Å². The molecule has 152 valence electrons. The van der Waals surface area contributed by atoms with Gasteiger partial charge >= 0.3 is 0 Å². The summed E-state index contributed by atoms with van der Waals surface area (Å²) in [5.74, 6) is 1.04. The van der Waals surface area contributed by atoms with Gasteiger partial charge in [-0.25, -0.2) is 4.68 Å². The van der Waals surface area contributed by atoms with Gasteiger partial charge in [-0.3, -0.25) is 14.3 Å². The maximum absolute atomic E-state index is 12.6. The minimum atomic E-state index is -0.850. The molecule has 1 aromatic carbocycles. The van der Waals surface area contributed by atoms with Gasteiger partial charge in [-0.15, -0.1) is 0 Å². The first kappa shape index (κ1) is 20.1. The zero-order chi connectivity index (χ0) is 21.0. The van der Waals surface area contributed by atoms with Gasteiger partial charge in [-0.2, -0.15) is 10.2 Å². The summed E-state index contributed by atoms with van der Waals surface area (Å²) in [6.45, 7) is 4.24. The van der Waals surface area contributed by atoms with Crippen LogP contribution in [0.2, 0.25) is 0 Å². The van der Waals surface area contributed by atoms with Crippen molar-refractivity contribution < 1.29 is 14.3 Å². The molecule has 1 N–H and O–H groups in total. The van der Waals surface area contributed by atoms with Crippen molar-refractivity contribution >= 4 is 11.7 Å². The second-order valence-electron chi connectivity index (χ2n) is 6.29. The van der Waals surface area contributed by atoms with Gasteiger partial charge in [0.1, 0.15) is 17.5 Å². The van der Waals surface area contributed by atoms with Crippen molar-refractivity contribution in [3.05, 3.63) is 52.9 Å². The summed E-state index contributed by atoms with van der Waals surface area (Å²) >= 11 is 0. The number of aryl methyl sites for hydroxylation is 1. The summed E-state index contributed by atoms with van der Waals surface area (Å²) in [5, 5.41) is 11.3. The summed E-state index contributed by atoms with van der Waals surface area (Å²) in [6, 6.07) is 9.35. The van der Waals surface area contributed by atoms with E-state index in [0.717, 1.165) is 10.2 Å². The third-order valence-corrected chi connectivity index (χ3v) is 4.47.